The highest BCUT2D eigenvalue weighted by Gasteiger charge is 2.13. The van der Waals surface area contributed by atoms with Crippen LogP contribution in [0.3, 0.4) is 0 Å². The first-order valence-electron chi connectivity index (χ1n) is 6.34. The van der Waals surface area contributed by atoms with Crippen molar-refractivity contribution < 1.29 is 0 Å². The van der Waals surface area contributed by atoms with Gasteiger partial charge in [0.1, 0.15) is 4.70 Å². The summed E-state index contributed by atoms with van der Waals surface area (Å²) in [5, 5.41) is 2.57. The first kappa shape index (κ1) is 13.9. The lowest BCUT2D eigenvalue weighted by Crippen LogP contribution is -2.07. The summed E-state index contributed by atoms with van der Waals surface area (Å²) in [6.07, 6.45) is 3.51. The molecule has 0 atom stereocenters. The molecule has 0 fully saturated rings. The fraction of sp³-hybridized carbons (Fsp3) is 0.133. The zero-order valence-electron chi connectivity index (χ0n) is 11.6. The third kappa shape index (κ3) is 2.48. The SMILES string of the molecule is C=CC(=C(C)C)c1cc2nc(-c3nccs3)[nH]c(=O)c2s1. The number of hydrogen-bond acceptors (Lipinski definition) is 5. The Balaban J connectivity index is 2.23. The van der Waals surface area contributed by atoms with E-state index in [1.54, 1.807) is 6.20 Å². The van der Waals surface area contributed by atoms with Crippen molar-refractivity contribution in [2.24, 2.45) is 0 Å². The van der Waals surface area contributed by atoms with Gasteiger partial charge in [-0.2, -0.15) is 0 Å². The molecular weight excluding hydrogens is 302 g/mol. The molecule has 106 valence electrons. The van der Waals surface area contributed by atoms with Crippen molar-refractivity contribution in [2.75, 3.05) is 0 Å². The molecule has 3 aromatic heterocycles. The number of aromatic amines is 1. The molecule has 0 saturated carbocycles. The molecule has 0 aliphatic carbocycles. The van der Waals surface area contributed by atoms with Gasteiger partial charge in [-0.15, -0.1) is 22.7 Å². The van der Waals surface area contributed by atoms with Crippen molar-refractivity contribution in [3.63, 3.8) is 0 Å². The lowest BCUT2D eigenvalue weighted by Gasteiger charge is -1.99. The maximum atomic E-state index is 12.2. The van der Waals surface area contributed by atoms with E-state index in [2.05, 4.69) is 21.5 Å². The third-order valence-corrected chi connectivity index (χ3v) is 4.96. The van der Waals surface area contributed by atoms with Crippen LogP contribution in [0.25, 0.3) is 26.6 Å². The van der Waals surface area contributed by atoms with Gasteiger partial charge in [0.15, 0.2) is 10.8 Å². The van der Waals surface area contributed by atoms with Crippen LogP contribution in [0, 0.1) is 0 Å². The average Bonchev–Trinajstić information content (AvgIpc) is 3.07. The Morgan fingerprint density at radius 3 is 2.86 bits per heavy atom. The largest absolute Gasteiger partial charge is 0.303 e. The number of thiophene rings is 1. The van der Waals surface area contributed by atoms with E-state index in [0.717, 1.165) is 16.0 Å². The number of hydrogen-bond donors (Lipinski definition) is 1. The van der Waals surface area contributed by atoms with Crippen molar-refractivity contribution in [2.45, 2.75) is 13.8 Å². The molecule has 0 saturated heterocycles. The molecule has 3 aromatic rings. The van der Waals surface area contributed by atoms with Gasteiger partial charge in [0, 0.05) is 16.5 Å². The van der Waals surface area contributed by atoms with Crippen molar-refractivity contribution in [1.29, 1.82) is 0 Å². The molecule has 0 bridgehead atoms. The van der Waals surface area contributed by atoms with E-state index in [1.165, 1.54) is 22.7 Å². The Bertz CT molecular complexity index is 897. The van der Waals surface area contributed by atoms with E-state index in [9.17, 15) is 4.79 Å². The summed E-state index contributed by atoms with van der Waals surface area (Å²) in [4.78, 5) is 24.8. The molecule has 0 unspecified atom stereocenters. The molecule has 0 aromatic carbocycles. The summed E-state index contributed by atoms with van der Waals surface area (Å²) in [6.45, 7) is 7.90. The second kappa shape index (κ2) is 5.38. The molecule has 4 nitrogen and oxygen atoms in total. The van der Waals surface area contributed by atoms with Gasteiger partial charge in [0.2, 0.25) is 0 Å². The lowest BCUT2D eigenvalue weighted by atomic mass is 10.1. The van der Waals surface area contributed by atoms with E-state index in [0.29, 0.717) is 21.0 Å². The number of H-pyrrole nitrogens is 1. The highest BCUT2D eigenvalue weighted by molar-refractivity contribution is 7.20. The van der Waals surface area contributed by atoms with Gasteiger partial charge in [-0.05, 0) is 25.5 Å². The normalized spacial score (nSPS) is 10.8. The topological polar surface area (TPSA) is 58.6 Å². The summed E-state index contributed by atoms with van der Waals surface area (Å²) in [7, 11) is 0. The molecule has 0 aliphatic heterocycles. The summed E-state index contributed by atoms with van der Waals surface area (Å²) in [6, 6.07) is 1.94. The standard InChI is InChI=1S/C15H13N3OS2/c1-4-9(8(2)3)11-7-10-12(21-11)14(19)18-13(17-10)15-16-5-6-20-15/h4-7H,1H2,2-3H3,(H,17,18,19). The smallest absolute Gasteiger partial charge is 0.269 e. The van der Waals surface area contributed by atoms with Crippen LogP contribution in [-0.2, 0) is 0 Å². The number of thiazole rings is 1. The quantitative estimate of drug-likeness (QED) is 0.741. The van der Waals surface area contributed by atoms with Gasteiger partial charge in [-0.3, -0.25) is 4.79 Å². The van der Waals surface area contributed by atoms with Gasteiger partial charge in [-0.1, -0.05) is 18.2 Å². The number of allylic oxidation sites excluding steroid dienone is 3. The Morgan fingerprint density at radius 2 is 2.24 bits per heavy atom. The predicted molar refractivity (Wildman–Crippen MR) is 89.8 cm³/mol. The van der Waals surface area contributed by atoms with Crippen LogP contribution in [0.15, 0.2) is 40.7 Å². The molecular formula is C15H13N3OS2. The summed E-state index contributed by atoms with van der Waals surface area (Å²) in [5.41, 5.74) is 2.78. The van der Waals surface area contributed by atoms with Crippen LogP contribution in [0.1, 0.15) is 18.7 Å². The average molecular weight is 315 g/mol. The first-order chi connectivity index (χ1) is 10.1. The van der Waals surface area contributed by atoms with Crippen LogP contribution in [0.5, 0.6) is 0 Å². The third-order valence-electron chi connectivity index (χ3n) is 3.03. The highest BCUT2D eigenvalue weighted by atomic mass is 32.1. The van der Waals surface area contributed by atoms with E-state index >= 15 is 0 Å². The zero-order valence-corrected chi connectivity index (χ0v) is 13.3. The predicted octanol–water partition coefficient (Wildman–Crippen LogP) is 4.09. The van der Waals surface area contributed by atoms with Crippen LogP contribution in [0.4, 0.5) is 0 Å². The lowest BCUT2D eigenvalue weighted by molar-refractivity contribution is 1.17. The molecule has 0 radical (unpaired) electrons. The Kier molecular flexibility index (Phi) is 3.57. The fourth-order valence-corrected chi connectivity index (χ4v) is 3.79. The van der Waals surface area contributed by atoms with Crippen LogP contribution in [0.2, 0.25) is 0 Å². The Morgan fingerprint density at radius 1 is 1.43 bits per heavy atom. The molecule has 1 N–H and O–H groups in total. The van der Waals surface area contributed by atoms with Crippen molar-refractivity contribution in [1.82, 2.24) is 15.0 Å². The van der Waals surface area contributed by atoms with Crippen molar-refractivity contribution in [3.8, 4) is 10.8 Å². The maximum absolute atomic E-state index is 12.2. The molecule has 3 rings (SSSR count). The van der Waals surface area contributed by atoms with Gasteiger partial charge >= 0.3 is 0 Å². The van der Waals surface area contributed by atoms with E-state index in [-0.39, 0.29) is 5.56 Å². The second-order valence-corrected chi connectivity index (χ2v) is 6.64. The van der Waals surface area contributed by atoms with Crippen LogP contribution < -0.4 is 5.56 Å². The van der Waals surface area contributed by atoms with Gasteiger partial charge in [-0.25, -0.2) is 9.97 Å². The maximum Gasteiger partial charge on any atom is 0.269 e. The van der Waals surface area contributed by atoms with Crippen LogP contribution >= 0.6 is 22.7 Å². The van der Waals surface area contributed by atoms with Crippen molar-refractivity contribution in [3.05, 3.63) is 51.1 Å². The van der Waals surface area contributed by atoms with Gasteiger partial charge < -0.3 is 4.98 Å². The summed E-state index contributed by atoms with van der Waals surface area (Å²) < 4.78 is 0.630. The fourth-order valence-electron chi connectivity index (χ4n) is 2.07. The minimum atomic E-state index is -0.126. The van der Waals surface area contributed by atoms with E-state index in [4.69, 9.17) is 0 Å². The number of nitrogens with one attached hydrogen (secondary N) is 1. The monoisotopic (exact) mass is 315 g/mol. The molecule has 6 heteroatoms. The number of nitrogens with zero attached hydrogens (tertiary/aromatic N) is 2. The summed E-state index contributed by atoms with van der Waals surface area (Å²) in [5.74, 6) is 0.518. The van der Waals surface area contributed by atoms with E-state index in [1.807, 2.05) is 31.4 Å². The van der Waals surface area contributed by atoms with Crippen molar-refractivity contribution >= 4 is 38.5 Å². The number of fused-ring (bicyclic) bond motifs is 1. The molecule has 21 heavy (non-hydrogen) atoms. The Labute approximate surface area is 129 Å². The zero-order chi connectivity index (χ0) is 15.0. The van der Waals surface area contributed by atoms with Gasteiger partial charge in [0.05, 0.1) is 5.52 Å². The minimum absolute atomic E-state index is 0.126. The highest BCUT2D eigenvalue weighted by Crippen LogP contribution is 2.30. The second-order valence-electron chi connectivity index (χ2n) is 4.69. The molecule has 0 amide bonds. The van der Waals surface area contributed by atoms with E-state index < -0.39 is 0 Å². The van der Waals surface area contributed by atoms with Gasteiger partial charge in [0.25, 0.3) is 5.56 Å². The number of aromatic nitrogens is 3. The first-order valence-corrected chi connectivity index (χ1v) is 8.03. The summed E-state index contributed by atoms with van der Waals surface area (Å²) >= 11 is 2.89. The van der Waals surface area contributed by atoms with Crippen LogP contribution in [-0.4, -0.2) is 15.0 Å². The Hall–Kier alpha value is -2.05. The number of rotatable bonds is 3. The molecule has 0 spiro atoms. The molecule has 3 heterocycles. The molecule has 0 aliphatic rings. The minimum Gasteiger partial charge on any atom is -0.303 e.